The highest BCUT2D eigenvalue weighted by Gasteiger charge is 2.31. The number of carbonyl (C=O) groups excluding carboxylic acids is 8. The van der Waals surface area contributed by atoms with Gasteiger partial charge < -0.3 is 76.8 Å². The first kappa shape index (κ1) is 62.1. The third-order valence-corrected chi connectivity index (χ3v) is 9.58. The van der Waals surface area contributed by atoms with Crippen molar-refractivity contribution in [1.29, 1.82) is 0 Å². The minimum Gasteiger partial charge on any atom is -0.508 e. The number of aliphatic hydroxyl groups excluding tert-OH is 1. The highest BCUT2D eigenvalue weighted by Crippen LogP contribution is 2.30. The van der Waals surface area contributed by atoms with Gasteiger partial charge in [-0.2, -0.15) is 0 Å². The molecule has 0 saturated carbocycles. The molecule has 408 valence electrons. The number of alkyl carbamates (subject to hydrolysis) is 4. The molecule has 11 N–H and O–H groups in total. The number of aryl methyl sites for hydroxylation is 1. The van der Waals surface area contributed by atoms with Crippen molar-refractivity contribution in [3.63, 3.8) is 0 Å². The van der Waals surface area contributed by atoms with Gasteiger partial charge in [-0.15, -0.1) is 0 Å². The van der Waals surface area contributed by atoms with Gasteiger partial charge in [-0.25, -0.2) is 19.2 Å². The van der Waals surface area contributed by atoms with Gasteiger partial charge in [0.1, 0.15) is 52.0 Å². The minimum absolute atomic E-state index is 0.00801. The van der Waals surface area contributed by atoms with Crippen LogP contribution in [0.15, 0.2) is 36.4 Å². The molecule has 73 heavy (non-hydrogen) atoms. The number of ether oxygens (including phenoxy) is 4. The molecule has 4 atom stereocenters. The Hall–Kier alpha value is -7.04. The fourth-order valence-electron chi connectivity index (χ4n) is 6.36. The van der Waals surface area contributed by atoms with Gasteiger partial charge in [-0.3, -0.25) is 19.2 Å². The molecule has 0 spiro atoms. The summed E-state index contributed by atoms with van der Waals surface area (Å²) < 4.78 is 21.1. The zero-order valence-electron chi connectivity index (χ0n) is 44.4. The van der Waals surface area contributed by atoms with E-state index in [1.54, 1.807) is 114 Å². The number of carbonyl (C=O) groups is 8. The van der Waals surface area contributed by atoms with E-state index in [0.717, 1.165) is 0 Å². The van der Waals surface area contributed by atoms with Gasteiger partial charge >= 0.3 is 24.4 Å². The third-order valence-electron chi connectivity index (χ3n) is 9.58. The molecule has 0 aliphatic carbocycles. The fourth-order valence-corrected chi connectivity index (χ4v) is 6.36. The molecule has 2 rings (SSSR count). The molecule has 0 aromatic heterocycles. The second-order valence-corrected chi connectivity index (χ2v) is 21.2. The van der Waals surface area contributed by atoms with Crippen LogP contribution in [0.5, 0.6) is 11.5 Å². The molecule has 0 saturated heterocycles. The first-order chi connectivity index (χ1) is 33.6. The topological polar surface area (TPSA) is 330 Å². The van der Waals surface area contributed by atoms with Gasteiger partial charge in [-0.05, 0) is 156 Å². The molecule has 0 bridgehead atoms. The molecule has 23 heteroatoms. The van der Waals surface area contributed by atoms with Crippen LogP contribution in [-0.2, 0) is 44.5 Å². The lowest BCUT2D eigenvalue weighted by atomic mass is 9.97. The first-order valence-electron chi connectivity index (χ1n) is 23.9. The van der Waals surface area contributed by atoms with Crippen LogP contribution in [0.4, 0.5) is 19.2 Å². The Morgan fingerprint density at radius 3 is 1.52 bits per heavy atom. The Morgan fingerprint density at radius 1 is 0.507 bits per heavy atom. The summed E-state index contributed by atoms with van der Waals surface area (Å²) in [6.45, 7) is 20.0. The van der Waals surface area contributed by atoms with Crippen molar-refractivity contribution in [2.75, 3.05) is 32.7 Å². The number of amides is 8. The lowest BCUT2D eigenvalue weighted by molar-refractivity contribution is -0.132. The fraction of sp³-hybridized carbons (Fsp3) is 0.600. The zero-order chi connectivity index (χ0) is 55.5. The van der Waals surface area contributed by atoms with Crippen molar-refractivity contribution >= 4 is 48.0 Å². The number of nitrogens with one attached hydrogen (secondary N) is 8. The summed E-state index contributed by atoms with van der Waals surface area (Å²) >= 11 is 0. The van der Waals surface area contributed by atoms with Crippen LogP contribution in [-0.4, -0.2) is 143 Å². The smallest absolute Gasteiger partial charge is 0.408 e. The monoisotopic (exact) mass is 1030 g/mol. The number of hydrogen-bond donors (Lipinski definition) is 11. The maximum Gasteiger partial charge on any atom is 0.408 e. The van der Waals surface area contributed by atoms with E-state index < -0.39 is 101 Å². The summed E-state index contributed by atoms with van der Waals surface area (Å²) in [5.41, 5.74) is -1.29. The van der Waals surface area contributed by atoms with Crippen molar-refractivity contribution in [3.05, 3.63) is 47.5 Å². The molecule has 0 heterocycles. The maximum atomic E-state index is 14.3. The van der Waals surface area contributed by atoms with Crippen LogP contribution in [0.1, 0.15) is 113 Å². The summed E-state index contributed by atoms with van der Waals surface area (Å²) in [5.74, 6) is -3.56. The van der Waals surface area contributed by atoms with Gasteiger partial charge in [0.15, 0.2) is 0 Å². The average molecular weight is 1030 g/mol. The predicted octanol–water partition coefficient (Wildman–Crippen LogP) is 3.82. The SMILES string of the molecule is Cc1cc(-c2ccc(O)c(C[C@H](NC(=O)OC(C)(C)C)C(=O)N[C@@H](CCCNC(=O)OC(C)(C)C)C(=O)NCC(=O)N[C@@H](CCNC(=O)OC(C)(C)C)C(=O)NCC(O)CNC(=O)OC(C)(C)C)c2)ccc1O. The molecule has 1 unspecified atom stereocenters. The quantitative estimate of drug-likeness (QED) is 0.0590. The van der Waals surface area contributed by atoms with E-state index in [1.165, 1.54) is 12.1 Å². The first-order valence-corrected chi connectivity index (χ1v) is 23.9. The van der Waals surface area contributed by atoms with Gasteiger partial charge in [0.05, 0.1) is 12.6 Å². The molecule has 2 aromatic carbocycles. The highest BCUT2D eigenvalue weighted by molar-refractivity contribution is 5.94. The van der Waals surface area contributed by atoms with Crippen LogP contribution in [0.3, 0.4) is 0 Å². The van der Waals surface area contributed by atoms with E-state index in [9.17, 15) is 53.7 Å². The van der Waals surface area contributed by atoms with E-state index in [1.807, 2.05) is 0 Å². The van der Waals surface area contributed by atoms with Crippen molar-refractivity contribution in [1.82, 2.24) is 42.5 Å². The molecule has 0 radical (unpaired) electrons. The third kappa shape index (κ3) is 26.3. The molecule has 23 nitrogen and oxygen atoms in total. The summed E-state index contributed by atoms with van der Waals surface area (Å²) in [6.07, 6.45) is -5.09. The lowest BCUT2D eigenvalue weighted by Gasteiger charge is -2.26. The number of rotatable bonds is 22. The van der Waals surface area contributed by atoms with Crippen molar-refractivity contribution in [3.8, 4) is 22.6 Å². The summed E-state index contributed by atoms with van der Waals surface area (Å²) in [4.78, 5) is 105. The normalized spacial score (nSPS) is 13.3. The number of aromatic hydroxyl groups is 2. The van der Waals surface area contributed by atoms with E-state index in [-0.39, 0.29) is 68.9 Å². The zero-order valence-corrected chi connectivity index (χ0v) is 44.4. The van der Waals surface area contributed by atoms with E-state index in [0.29, 0.717) is 16.7 Å². The van der Waals surface area contributed by atoms with Crippen molar-refractivity contribution < 1.29 is 72.6 Å². The Kier molecular flexibility index (Phi) is 23.5. The molecular weight excluding hydrogens is 953 g/mol. The summed E-state index contributed by atoms with van der Waals surface area (Å²) in [7, 11) is 0. The Labute approximate surface area is 427 Å². The molecular formula is C50H78N8O15. The predicted molar refractivity (Wildman–Crippen MR) is 269 cm³/mol. The largest absolute Gasteiger partial charge is 0.508 e. The van der Waals surface area contributed by atoms with Crippen LogP contribution in [0, 0.1) is 6.92 Å². The minimum atomic E-state index is -1.46. The average Bonchev–Trinajstić information content (AvgIpc) is 3.23. The van der Waals surface area contributed by atoms with Crippen LogP contribution in [0.25, 0.3) is 11.1 Å². The van der Waals surface area contributed by atoms with Crippen LogP contribution >= 0.6 is 0 Å². The van der Waals surface area contributed by atoms with E-state index >= 15 is 0 Å². The Bertz CT molecular complexity index is 2230. The maximum absolute atomic E-state index is 14.3. The molecule has 8 amide bonds. The van der Waals surface area contributed by atoms with Crippen LogP contribution < -0.4 is 42.5 Å². The highest BCUT2D eigenvalue weighted by atomic mass is 16.6. The second kappa shape index (κ2) is 27.7. The molecule has 2 aromatic rings. The molecule has 0 fully saturated rings. The summed E-state index contributed by atoms with van der Waals surface area (Å²) in [6, 6.07) is 5.37. The molecule has 0 aliphatic rings. The van der Waals surface area contributed by atoms with Gasteiger partial charge in [0.2, 0.25) is 23.6 Å². The number of phenols is 2. The van der Waals surface area contributed by atoms with E-state index in [4.69, 9.17) is 18.9 Å². The number of hydrogen-bond acceptors (Lipinski definition) is 15. The van der Waals surface area contributed by atoms with Gasteiger partial charge in [0.25, 0.3) is 0 Å². The van der Waals surface area contributed by atoms with E-state index in [2.05, 4.69) is 42.5 Å². The lowest BCUT2D eigenvalue weighted by Crippen LogP contribution is -2.56. The number of phenolic OH excluding ortho intramolecular Hbond substituents is 2. The second-order valence-electron chi connectivity index (χ2n) is 21.2. The Morgan fingerprint density at radius 2 is 0.973 bits per heavy atom. The molecule has 0 aliphatic heterocycles. The number of benzene rings is 2. The van der Waals surface area contributed by atoms with Crippen molar-refractivity contribution in [2.45, 2.75) is 162 Å². The van der Waals surface area contributed by atoms with Gasteiger partial charge in [0, 0.05) is 32.6 Å². The van der Waals surface area contributed by atoms with Crippen LogP contribution in [0.2, 0.25) is 0 Å². The van der Waals surface area contributed by atoms with Crippen molar-refractivity contribution in [2.24, 2.45) is 0 Å². The summed E-state index contributed by atoms with van der Waals surface area (Å²) in [5, 5.41) is 51.6. The standard InChI is InChI=1S/C50H78N8O15/c1-29-23-30(16-18-37(29)60)31-17-19-38(61)32(24-31)25-36(58-46(69)73-50(11,12)13)42(65)57-34(15-14-21-51-43(66)70-47(2,3)4)40(63)54-28-39(62)56-35(20-22-52-44(67)71-48(5,6)7)41(64)53-26-33(59)27-55-45(68)72-49(8,9)10/h16-19,23-24,33-36,59-61H,14-15,20-22,25-28H2,1-13H3,(H,51,66)(H,52,67)(H,53,64)(H,54,63)(H,55,68)(H,56,62)(H,57,65)(H,58,69)/t33?,34-,35-,36-/m0/s1. The Balaban J connectivity index is 2.37. The number of aliphatic hydroxyl groups is 1. The van der Waals surface area contributed by atoms with Gasteiger partial charge in [-0.1, -0.05) is 12.1 Å².